The predicted molar refractivity (Wildman–Crippen MR) is 74.8 cm³/mol. The van der Waals surface area contributed by atoms with E-state index >= 15 is 0 Å². The van der Waals surface area contributed by atoms with E-state index in [1.54, 1.807) is 0 Å². The lowest BCUT2D eigenvalue weighted by molar-refractivity contribution is 0.331. The first-order valence-corrected chi connectivity index (χ1v) is 6.99. The topological polar surface area (TPSA) is 21.8 Å². The van der Waals surface area contributed by atoms with Gasteiger partial charge in [-0.25, -0.2) is 0 Å². The van der Waals surface area contributed by atoms with Crippen LogP contribution in [-0.4, -0.2) is 18.8 Å². The molecule has 0 bridgehead atoms. The molecule has 2 rings (SSSR count). The molecule has 2 nitrogen and oxygen atoms in total. The van der Waals surface area contributed by atoms with Crippen molar-refractivity contribution in [1.29, 1.82) is 0 Å². The Kier molecular flexibility index (Phi) is 4.18. The smallest absolute Gasteiger partial charge is 0.125 e. The van der Waals surface area contributed by atoms with Crippen LogP contribution in [0.1, 0.15) is 37.0 Å². The lowest BCUT2D eigenvalue weighted by Crippen LogP contribution is -2.04. The summed E-state index contributed by atoms with van der Waals surface area (Å²) in [4.78, 5) is 0. The Morgan fingerprint density at radius 1 is 1.39 bits per heavy atom. The summed E-state index contributed by atoms with van der Waals surface area (Å²) in [5.41, 5.74) is 3.50. The van der Waals surface area contributed by atoms with Crippen LogP contribution in [0.5, 0.6) is 5.75 Å². The molecule has 1 aromatic rings. The van der Waals surface area contributed by atoms with Crippen molar-refractivity contribution in [2.45, 2.75) is 52.7 Å². The molecule has 0 aliphatic carbocycles. The van der Waals surface area contributed by atoms with Gasteiger partial charge in [-0.15, -0.1) is 0 Å². The van der Waals surface area contributed by atoms with Crippen LogP contribution in [0, 0.1) is 13.8 Å². The third kappa shape index (κ3) is 2.81. The van der Waals surface area contributed by atoms with Crippen LogP contribution < -0.4 is 4.74 Å². The number of benzene rings is 1. The van der Waals surface area contributed by atoms with E-state index in [9.17, 15) is 0 Å². The molecule has 1 aliphatic rings. The maximum absolute atomic E-state index is 6.26. The van der Waals surface area contributed by atoms with Crippen LogP contribution in [-0.2, 0) is 11.2 Å². The predicted octanol–water partition coefficient (Wildman–Crippen LogP) is 4.08. The van der Waals surface area contributed by atoms with Gasteiger partial charge in [0.15, 0.2) is 0 Å². The van der Waals surface area contributed by atoms with E-state index in [4.69, 9.17) is 21.1 Å². The van der Waals surface area contributed by atoms with Crippen molar-refractivity contribution in [3.63, 3.8) is 0 Å². The van der Waals surface area contributed by atoms with Crippen LogP contribution in [0.4, 0.5) is 0 Å². The Labute approximate surface area is 114 Å². The molecule has 0 N–H and O–H groups in total. The molecule has 0 radical (unpaired) electrons. The molecule has 18 heavy (non-hydrogen) atoms. The second kappa shape index (κ2) is 5.50. The summed E-state index contributed by atoms with van der Waals surface area (Å²) in [5.74, 6) is 1.01. The average molecular weight is 269 g/mol. The highest BCUT2D eigenvalue weighted by Gasteiger charge is 2.33. The standard InChI is InChI=1S/C15H21ClO2/c1-5-17-15-9(2)8-13(16)10(3)12(15)6-7-14-11(4)18-14/h8,11,14H,5-7H2,1-4H3. The van der Waals surface area contributed by atoms with Crippen LogP contribution in [0.2, 0.25) is 5.02 Å². The largest absolute Gasteiger partial charge is 0.493 e. The third-order valence-corrected chi connectivity index (χ3v) is 3.98. The van der Waals surface area contributed by atoms with Gasteiger partial charge >= 0.3 is 0 Å². The van der Waals surface area contributed by atoms with Gasteiger partial charge in [0.2, 0.25) is 0 Å². The lowest BCUT2D eigenvalue weighted by Gasteiger charge is -2.16. The van der Waals surface area contributed by atoms with Gasteiger partial charge in [0.25, 0.3) is 0 Å². The zero-order valence-corrected chi connectivity index (χ0v) is 12.3. The van der Waals surface area contributed by atoms with Gasteiger partial charge in [0, 0.05) is 5.02 Å². The zero-order chi connectivity index (χ0) is 13.3. The number of hydrogen-bond acceptors (Lipinski definition) is 2. The molecule has 0 saturated carbocycles. The van der Waals surface area contributed by atoms with E-state index < -0.39 is 0 Å². The molecule has 2 atom stereocenters. The summed E-state index contributed by atoms with van der Waals surface area (Å²) in [6, 6.07) is 1.99. The summed E-state index contributed by atoms with van der Waals surface area (Å²) in [6.07, 6.45) is 2.85. The Bertz CT molecular complexity index is 443. The fourth-order valence-electron chi connectivity index (χ4n) is 2.38. The van der Waals surface area contributed by atoms with Crippen LogP contribution in [0.15, 0.2) is 6.07 Å². The molecule has 1 fully saturated rings. The minimum Gasteiger partial charge on any atom is -0.493 e. The molecule has 100 valence electrons. The molecule has 3 heteroatoms. The lowest BCUT2D eigenvalue weighted by atomic mass is 9.98. The molecule has 0 aromatic heterocycles. The van der Waals surface area contributed by atoms with Crippen LogP contribution in [0.3, 0.4) is 0 Å². The monoisotopic (exact) mass is 268 g/mol. The van der Waals surface area contributed by atoms with Crippen molar-refractivity contribution in [2.75, 3.05) is 6.61 Å². The molecule has 1 heterocycles. The number of halogens is 1. The summed E-state index contributed by atoms with van der Waals surface area (Å²) in [5, 5.41) is 0.829. The highest BCUT2D eigenvalue weighted by Crippen LogP contribution is 2.35. The van der Waals surface area contributed by atoms with E-state index in [0.29, 0.717) is 18.8 Å². The quantitative estimate of drug-likeness (QED) is 0.751. The number of hydrogen-bond donors (Lipinski definition) is 0. The molecule has 0 amide bonds. The van der Waals surface area contributed by atoms with Crippen molar-refractivity contribution in [2.24, 2.45) is 0 Å². The van der Waals surface area contributed by atoms with Gasteiger partial charge in [-0.2, -0.15) is 0 Å². The molecule has 2 unspecified atom stereocenters. The van der Waals surface area contributed by atoms with Gasteiger partial charge in [-0.1, -0.05) is 11.6 Å². The number of ether oxygens (including phenoxy) is 2. The van der Waals surface area contributed by atoms with Crippen molar-refractivity contribution >= 4 is 11.6 Å². The minimum absolute atomic E-state index is 0.415. The zero-order valence-electron chi connectivity index (χ0n) is 11.5. The van der Waals surface area contributed by atoms with Gasteiger partial charge in [-0.3, -0.25) is 0 Å². The van der Waals surface area contributed by atoms with E-state index in [2.05, 4.69) is 20.8 Å². The molecular formula is C15H21ClO2. The maximum atomic E-state index is 6.26. The van der Waals surface area contributed by atoms with Crippen LogP contribution >= 0.6 is 11.6 Å². The van der Waals surface area contributed by atoms with Gasteiger partial charge in [0.05, 0.1) is 18.8 Å². The highest BCUT2D eigenvalue weighted by molar-refractivity contribution is 6.31. The number of rotatable bonds is 5. The molecule has 0 spiro atoms. The van der Waals surface area contributed by atoms with Crippen molar-refractivity contribution in [3.8, 4) is 5.75 Å². The fourth-order valence-corrected chi connectivity index (χ4v) is 2.66. The SMILES string of the molecule is CCOc1c(C)cc(Cl)c(C)c1CCC1OC1C. The third-order valence-electron chi connectivity index (χ3n) is 3.59. The average Bonchev–Trinajstić information content (AvgIpc) is 3.02. The molecule has 1 aromatic carbocycles. The normalized spacial score (nSPS) is 22.1. The second-order valence-corrected chi connectivity index (χ2v) is 5.37. The van der Waals surface area contributed by atoms with Crippen molar-refractivity contribution < 1.29 is 9.47 Å². The number of aryl methyl sites for hydroxylation is 1. The summed E-state index contributed by atoms with van der Waals surface area (Å²) in [7, 11) is 0. The highest BCUT2D eigenvalue weighted by atomic mass is 35.5. The second-order valence-electron chi connectivity index (χ2n) is 4.96. The van der Waals surface area contributed by atoms with Crippen LogP contribution in [0.25, 0.3) is 0 Å². The first-order chi connectivity index (χ1) is 8.54. The van der Waals surface area contributed by atoms with E-state index in [0.717, 1.165) is 34.7 Å². The minimum atomic E-state index is 0.415. The number of epoxide rings is 1. The molecule has 1 saturated heterocycles. The summed E-state index contributed by atoms with van der Waals surface area (Å²) in [6.45, 7) is 8.93. The van der Waals surface area contributed by atoms with E-state index in [-0.39, 0.29) is 0 Å². The molecule has 1 aliphatic heterocycles. The first-order valence-electron chi connectivity index (χ1n) is 6.61. The van der Waals surface area contributed by atoms with E-state index in [1.165, 1.54) is 5.56 Å². The first kappa shape index (κ1) is 13.7. The summed E-state index contributed by atoms with van der Waals surface area (Å²) >= 11 is 6.26. The Morgan fingerprint density at radius 2 is 2.06 bits per heavy atom. The Morgan fingerprint density at radius 3 is 2.61 bits per heavy atom. The Hall–Kier alpha value is -0.730. The summed E-state index contributed by atoms with van der Waals surface area (Å²) < 4.78 is 11.2. The van der Waals surface area contributed by atoms with Gasteiger partial charge in [-0.05, 0) is 63.3 Å². The fraction of sp³-hybridized carbons (Fsp3) is 0.600. The van der Waals surface area contributed by atoms with Crippen molar-refractivity contribution in [1.82, 2.24) is 0 Å². The maximum Gasteiger partial charge on any atom is 0.125 e. The van der Waals surface area contributed by atoms with Gasteiger partial charge < -0.3 is 9.47 Å². The van der Waals surface area contributed by atoms with E-state index in [1.807, 2.05) is 13.0 Å². The molecular weight excluding hydrogens is 248 g/mol. The van der Waals surface area contributed by atoms with Gasteiger partial charge in [0.1, 0.15) is 5.75 Å². The van der Waals surface area contributed by atoms with Crippen molar-refractivity contribution in [3.05, 3.63) is 27.8 Å². The Balaban J connectivity index is 2.23.